The number of thiazole rings is 1. The molecule has 1 aliphatic heterocycles. The maximum Gasteiger partial charge on any atom is 0.274 e. The van der Waals surface area contributed by atoms with Crippen molar-refractivity contribution in [3.63, 3.8) is 0 Å². The molecule has 0 spiro atoms. The summed E-state index contributed by atoms with van der Waals surface area (Å²) in [6.45, 7) is 4.53. The number of carbonyl (C=O) groups is 2. The molecule has 1 aliphatic rings. The van der Waals surface area contributed by atoms with E-state index in [9.17, 15) is 9.59 Å². The monoisotopic (exact) mass is 440 g/mol. The van der Waals surface area contributed by atoms with E-state index in [4.69, 9.17) is 23.2 Å². The van der Waals surface area contributed by atoms with Crippen LogP contribution in [0.1, 0.15) is 43.6 Å². The summed E-state index contributed by atoms with van der Waals surface area (Å²) in [6.07, 6.45) is 2.33. The fraction of sp³-hybridized carbons (Fsp3) is 0.421. The molecule has 0 saturated carbocycles. The number of hydrogen-bond donors (Lipinski definition) is 2. The molecule has 0 aliphatic carbocycles. The quantitative estimate of drug-likeness (QED) is 0.681. The third kappa shape index (κ3) is 4.77. The number of likely N-dealkylation sites (tertiary alicyclic amines) is 1. The summed E-state index contributed by atoms with van der Waals surface area (Å²) in [7, 11) is 0. The van der Waals surface area contributed by atoms with Gasteiger partial charge < -0.3 is 15.5 Å². The van der Waals surface area contributed by atoms with Crippen molar-refractivity contribution in [1.82, 2.24) is 15.2 Å². The van der Waals surface area contributed by atoms with E-state index in [1.165, 1.54) is 11.3 Å². The first-order valence-corrected chi connectivity index (χ1v) is 10.8. The van der Waals surface area contributed by atoms with Gasteiger partial charge in [-0.2, -0.15) is 0 Å². The fourth-order valence-electron chi connectivity index (χ4n) is 3.00. The lowest BCUT2D eigenvalue weighted by atomic mass is 10.1. The standard InChI is InChI=1S/C19H22Cl2N4O2S/c1-3-11(2)22-17(26)16-5-4-8-25(16)18(27)15-10-28-19(24-15)23-12-6-7-13(20)14(21)9-12/h6-7,9-11,16H,3-5,8H2,1-2H3,(H,22,26)(H,23,24). The summed E-state index contributed by atoms with van der Waals surface area (Å²) in [5, 5.41) is 9.27. The second-order valence-electron chi connectivity index (χ2n) is 6.77. The second kappa shape index (κ2) is 9.11. The Kier molecular flexibility index (Phi) is 6.80. The molecule has 150 valence electrons. The van der Waals surface area contributed by atoms with E-state index in [1.54, 1.807) is 28.5 Å². The minimum Gasteiger partial charge on any atom is -0.352 e. The zero-order valence-electron chi connectivity index (χ0n) is 15.7. The van der Waals surface area contributed by atoms with Gasteiger partial charge in [0.05, 0.1) is 10.0 Å². The van der Waals surface area contributed by atoms with E-state index in [2.05, 4.69) is 15.6 Å². The number of benzene rings is 1. The number of anilines is 2. The van der Waals surface area contributed by atoms with Gasteiger partial charge in [0, 0.05) is 23.7 Å². The highest BCUT2D eigenvalue weighted by Crippen LogP contribution is 2.29. The number of carbonyl (C=O) groups excluding carboxylic acids is 2. The first-order chi connectivity index (χ1) is 13.4. The average Bonchev–Trinajstić information content (AvgIpc) is 3.33. The number of aromatic nitrogens is 1. The first-order valence-electron chi connectivity index (χ1n) is 9.18. The average molecular weight is 441 g/mol. The molecule has 6 nitrogen and oxygen atoms in total. The normalized spacial score (nSPS) is 17.4. The van der Waals surface area contributed by atoms with Gasteiger partial charge in [0.15, 0.2) is 5.13 Å². The zero-order chi connectivity index (χ0) is 20.3. The van der Waals surface area contributed by atoms with Gasteiger partial charge in [-0.15, -0.1) is 11.3 Å². The van der Waals surface area contributed by atoms with E-state index >= 15 is 0 Å². The zero-order valence-corrected chi connectivity index (χ0v) is 18.0. The topological polar surface area (TPSA) is 74.3 Å². The lowest BCUT2D eigenvalue weighted by Crippen LogP contribution is -2.48. The molecule has 1 fully saturated rings. The van der Waals surface area contributed by atoms with Crippen molar-refractivity contribution in [2.45, 2.75) is 45.2 Å². The van der Waals surface area contributed by atoms with Crippen molar-refractivity contribution >= 4 is 57.2 Å². The van der Waals surface area contributed by atoms with Gasteiger partial charge in [-0.1, -0.05) is 30.1 Å². The van der Waals surface area contributed by atoms with Gasteiger partial charge in [0.25, 0.3) is 5.91 Å². The molecule has 9 heteroatoms. The van der Waals surface area contributed by atoms with Crippen LogP contribution in [0.2, 0.25) is 10.0 Å². The first kappa shape index (κ1) is 20.9. The number of hydrogen-bond acceptors (Lipinski definition) is 5. The van der Waals surface area contributed by atoms with E-state index in [0.717, 1.165) is 18.5 Å². The van der Waals surface area contributed by atoms with E-state index in [-0.39, 0.29) is 17.9 Å². The molecule has 2 atom stereocenters. The maximum atomic E-state index is 12.9. The Morgan fingerprint density at radius 1 is 1.36 bits per heavy atom. The highest BCUT2D eigenvalue weighted by molar-refractivity contribution is 7.14. The SMILES string of the molecule is CCC(C)NC(=O)C1CCCN1C(=O)c1csc(Nc2ccc(Cl)c(Cl)c2)n1. The summed E-state index contributed by atoms with van der Waals surface area (Å²) in [4.78, 5) is 31.4. The molecule has 1 aromatic heterocycles. The molecule has 2 unspecified atom stereocenters. The lowest BCUT2D eigenvalue weighted by Gasteiger charge is -2.24. The van der Waals surface area contributed by atoms with Crippen molar-refractivity contribution in [1.29, 1.82) is 0 Å². The predicted molar refractivity (Wildman–Crippen MR) is 114 cm³/mol. The van der Waals surface area contributed by atoms with Crippen molar-refractivity contribution in [3.05, 3.63) is 39.3 Å². The molecule has 2 heterocycles. The molecule has 1 aromatic carbocycles. The molecule has 3 rings (SSSR count). The van der Waals surface area contributed by atoms with Crippen molar-refractivity contribution in [2.75, 3.05) is 11.9 Å². The molecule has 2 amide bonds. The van der Waals surface area contributed by atoms with Crippen LogP contribution >= 0.6 is 34.5 Å². The molecule has 2 N–H and O–H groups in total. The maximum absolute atomic E-state index is 12.9. The number of nitrogens with zero attached hydrogens (tertiary/aromatic N) is 2. The minimum atomic E-state index is -0.435. The summed E-state index contributed by atoms with van der Waals surface area (Å²) in [6, 6.07) is 4.83. The molecule has 2 aromatic rings. The van der Waals surface area contributed by atoms with Crippen molar-refractivity contribution in [3.8, 4) is 0 Å². The Morgan fingerprint density at radius 2 is 2.14 bits per heavy atom. The molecular weight excluding hydrogens is 419 g/mol. The van der Waals surface area contributed by atoms with Crippen LogP contribution in [0.4, 0.5) is 10.8 Å². The summed E-state index contributed by atoms with van der Waals surface area (Å²) in [5.41, 5.74) is 1.06. The number of amides is 2. The van der Waals surface area contributed by atoms with Crippen LogP contribution in [0.15, 0.2) is 23.6 Å². The minimum absolute atomic E-state index is 0.0892. The Bertz CT molecular complexity index is 873. The van der Waals surface area contributed by atoms with E-state index in [0.29, 0.717) is 33.8 Å². The van der Waals surface area contributed by atoms with Crippen LogP contribution in [-0.2, 0) is 4.79 Å². The number of rotatable bonds is 6. The summed E-state index contributed by atoms with van der Waals surface area (Å²) < 4.78 is 0. The van der Waals surface area contributed by atoms with Gasteiger partial charge in [0.2, 0.25) is 5.91 Å². The Morgan fingerprint density at radius 3 is 2.86 bits per heavy atom. The van der Waals surface area contributed by atoms with Crippen LogP contribution in [0.25, 0.3) is 0 Å². The van der Waals surface area contributed by atoms with Crippen LogP contribution in [0.5, 0.6) is 0 Å². The van der Waals surface area contributed by atoms with Gasteiger partial charge in [-0.3, -0.25) is 9.59 Å². The second-order valence-corrected chi connectivity index (χ2v) is 8.44. The smallest absolute Gasteiger partial charge is 0.274 e. The molecule has 28 heavy (non-hydrogen) atoms. The lowest BCUT2D eigenvalue weighted by molar-refractivity contribution is -0.125. The van der Waals surface area contributed by atoms with Crippen molar-refractivity contribution < 1.29 is 9.59 Å². The number of halogens is 2. The van der Waals surface area contributed by atoms with Crippen LogP contribution in [0.3, 0.4) is 0 Å². The van der Waals surface area contributed by atoms with Gasteiger partial charge in [0.1, 0.15) is 11.7 Å². The van der Waals surface area contributed by atoms with E-state index < -0.39 is 6.04 Å². The van der Waals surface area contributed by atoms with Crippen LogP contribution in [0, 0.1) is 0 Å². The number of nitrogens with one attached hydrogen (secondary N) is 2. The third-order valence-electron chi connectivity index (χ3n) is 4.71. The van der Waals surface area contributed by atoms with Crippen LogP contribution in [-0.4, -0.2) is 40.3 Å². The Labute approximate surface area is 178 Å². The third-order valence-corrected chi connectivity index (χ3v) is 6.21. The van der Waals surface area contributed by atoms with Gasteiger partial charge in [-0.25, -0.2) is 4.98 Å². The Balaban J connectivity index is 1.69. The van der Waals surface area contributed by atoms with E-state index in [1.807, 2.05) is 13.8 Å². The fourth-order valence-corrected chi connectivity index (χ4v) is 4.00. The molecule has 1 saturated heterocycles. The molecule has 0 bridgehead atoms. The highest BCUT2D eigenvalue weighted by Gasteiger charge is 2.35. The van der Waals surface area contributed by atoms with Gasteiger partial charge >= 0.3 is 0 Å². The summed E-state index contributed by atoms with van der Waals surface area (Å²) in [5.74, 6) is -0.315. The largest absolute Gasteiger partial charge is 0.352 e. The van der Waals surface area contributed by atoms with Gasteiger partial charge in [-0.05, 0) is 44.4 Å². The van der Waals surface area contributed by atoms with Crippen molar-refractivity contribution in [2.24, 2.45) is 0 Å². The summed E-state index contributed by atoms with van der Waals surface area (Å²) >= 11 is 13.3. The highest BCUT2D eigenvalue weighted by atomic mass is 35.5. The molecule has 0 radical (unpaired) electrons. The predicted octanol–water partition coefficient (Wildman–Crippen LogP) is 4.71. The molecular formula is C19H22Cl2N4O2S. The van der Waals surface area contributed by atoms with Crippen LogP contribution < -0.4 is 10.6 Å². The Hall–Kier alpha value is -1.83.